The maximum absolute atomic E-state index is 12.6. The highest BCUT2D eigenvalue weighted by atomic mass is 19.4. The Kier molecular flexibility index (Phi) is 2.90. The minimum Gasteiger partial charge on any atom is -0.171 e. The van der Waals surface area contributed by atoms with Gasteiger partial charge in [-0.25, -0.2) is 0 Å². The summed E-state index contributed by atoms with van der Waals surface area (Å²) in [6, 6.07) is 0. The van der Waals surface area contributed by atoms with Crippen LogP contribution in [-0.2, 0) is 0 Å². The van der Waals surface area contributed by atoms with E-state index in [4.69, 9.17) is 0 Å². The third-order valence-electron chi connectivity index (χ3n) is 3.99. The second kappa shape index (κ2) is 3.42. The number of halogens is 3. The second-order valence-electron chi connectivity index (χ2n) is 4.90. The second-order valence-corrected chi connectivity index (χ2v) is 4.90. The Bertz CT molecular complexity index is 207. The molecule has 0 bridgehead atoms. The predicted molar refractivity (Wildman–Crippen MR) is 50.9 cm³/mol. The van der Waals surface area contributed by atoms with Crippen LogP contribution in [0.3, 0.4) is 0 Å². The molecule has 1 rings (SSSR count). The number of rotatable bonds is 3. The highest BCUT2D eigenvalue weighted by Crippen LogP contribution is 2.66. The van der Waals surface area contributed by atoms with Crippen LogP contribution in [0, 0.1) is 23.2 Å². The molecule has 84 valence electrons. The van der Waals surface area contributed by atoms with Gasteiger partial charge in [-0.3, -0.25) is 0 Å². The smallest absolute Gasteiger partial charge is 0.171 e. The molecule has 1 aliphatic carbocycles. The first-order valence-corrected chi connectivity index (χ1v) is 5.32. The molecule has 0 N–H and O–H groups in total. The lowest BCUT2D eigenvalue weighted by atomic mass is 9.83. The summed E-state index contributed by atoms with van der Waals surface area (Å²) in [4.78, 5) is 0. The minimum absolute atomic E-state index is 0.268. The fourth-order valence-electron chi connectivity index (χ4n) is 2.79. The van der Waals surface area contributed by atoms with Gasteiger partial charge in [0.2, 0.25) is 0 Å². The molecule has 0 aliphatic heterocycles. The van der Waals surface area contributed by atoms with E-state index in [0.717, 1.165) is 6.42 Å². The summed E-state index contributed by atoms with van der Waals surface area (Å²) in [5.74, 6) is -0.503. The van der Waals surface area contributed by atoms with Gasteiger partial charge in [-0.1, -0.05) is 27.7 Å². The first kappa shape index (κ1) is 11.9. The van der Waals surface area contributed by atoms with Crippen LogP contribution in [0.25, 0.3) is 0 Å². The molecule has 0 aromatic heterocycles. The van der Waals surface area contributed by atoms with Crippen molar-refractivity contribution in [3.8, 4) is 0 Å². The highest BCUT2D eigenvalue weighted by Gasteiger charge is 2.63. The summed E-state index contributed by atoms with van der Waals surface area (Å²) in [6.07, 6.45) is -2.63. The molecule has 1 saturated carbocycles. The molecule has 0 amide bonds. The van der Waals surface area contributed by atoms with Crippen LogP contribution in [0.15, 0.2) is 0 Å². The summed E-state index contributed by atoms with van der Waals surface area (Å²) < 4.78 is 37.8. The van der Waals surface area contributed by atoms with Crippen molar-refractivity contribution >= 4 is 0 Å². The molecule has 0 saturated heterocycles. The Morgan fingerprint density at radius 3 is 2.00 bits per heavy atom. The number of alkyl halides is 3. The van der Waals surface area contributed by atoms with Crippen LogP contribution in [0.5, 0.6) is 0 Å². The fourth-order valence-corrected chi connectivity index (χ4v) is 2.79. The average molecular weight is 208 g/mol. The monoisotopic (exact) mass is 208 g/mol. The van der Waals surface area contributed by atoms with E-state index in [1.54, 1.807) is 0 Å². The first-order chi connectivity index (χ1) is 6.25. The van der Waals surface area contributed by atoms with Crippen LogP contribution in [-0.4, -0.2) is 6.18 Å². The maximum Gasteiger partial charge on any atom is 0.392 e. The summed E-state index contributed by atoms with van der Waals surface area (Å²) in [6.45, 7) is 7.26. The van der Waals surface area contributed by atoms with E-state index in [0.29, 0.717) is 12.3 Å². The van der Waals surface area contributed by atoms with Crippen LogP contribution in [0.1, 0.15) is 40.5 Å². The molecule has 0 nitrogen and oxygen atoms in total. The minimum atomic E-state index is -4.03. The Morgan fingerprint density at radius 2 is 1.79 bits per heavy atom. The van der Waals surface area contributed by atoms with Gasteiger partial charge in [0.15, 0.2) is 0 Å². The van der Waals surface area contributed by atoms with Crippen molar-refractivity contribution in [3.63, 3.8) is 0 Å². The van der Waals surface area contributed by atoms with E-state index in [9.17, 15) is 13.2 Å². The van der Waals surface area contributed by atoms with Crippen LogP contribution in [0.2, 0.25) is 0 Å². The van der Waals surface area contributed by atoms with Crippen molar-refractivity contribution in [2.45, 2.75) is 46.7 Å². The van der Waals surface area contributed by atoms with E-state index in [-0.39, 0.29) is 5.92 Å². The van der Waals surface area contributed by atoms with Crippen LogP contribution >= 0.6 is 0 Å². The van der Waals surface area contributed by atoms with Gasteiger partial charge >= 0.3 is 6.18 Å². The molecule has 1 aliphatic rings. The third kappa shape index (κ3) is 1.78. The van der Waals surface area contributed by atoms with Gasteiger partial charge in [0.25, 0.3) is 0 Å². The van der Waals surface area contributed by atoms with Crippen LogP contribution in [0.4, 0.5) is 13.2 Å². The lowest BCUT2D eigenvalue weighted by Crippen LogP contribution is -2.30. The molecule has 1 fully saturated rings. The first-order valence-electron chi connectivity index (χ1n) is 5.32. The molecule has 0 aromatic carbocycles. The zero-order valence-corrected chi connectivity index (χ0v) is 9.28. The average Bonchev–Trinajstić information content (AvgIpc) is 2.77. The molecule has 3 unspecified atom stereocenters. The van der Waals surface area contributed by atoms with Crippen molar-refractivity contribution in [1.82, 2.24) is 0 Å². The van der Waals surface area contributed by atoms with Crippen molar-refractivity contribution in [1.29, 1.82) is 0 Å². The topological polar surface area (TPSA) is 0 Å². The summed E-state index contributed by atoms with van der Waals surface area (Å²) >= 11 is 0. The predicted octanol–water partition coefficient (Wildman–Crippen LogP) is 4.26. The highest BCUT2D eigenvalue weighted by molar-refractivity contribution is 5.06. The molecule has 14 heavy (non-hydrogen) atoms. The zero-order valence-electron chi connectivity index (χ0n) is 9.28. The summed E-state index contributed by atoms with van der Waals surface area (Å²) in [5.41, 5.74) is -0.452. The normalized spacial score (nSPS) is 34.7. The standard InChI is InChI=1S/C11H19F3/c1-5-10(6-9(10)7(2)3)8(4)11(12,13)14/h7-9H,5-6H2,1-4H3. The van der Waals surface area contributed by atoms with E-state index >= 15 is 0 Å². The molecular formula is C11H19F3. The lowest BCUT2D eigenvalue weighted by molar-refractivity contribution is -0.190. The van der Waals surface area contributed by atoms with Gasteiger partial charge < -0.3 is 0 Å². The number of hydrogen-bond donors (Lipinski definition) is 0. The molecular weight excluding hydrogens is 189 g/mol. The van der Waals surface area contributed by atoms with Gasteiger partial charge in [0.1, 0.15) is 0 Å². The molecule has 0 heterocycles. The van der Waals surface area contributed by atoms with Gasteiger partial charge in [0.05, 0.1) is 5.92 Å². The fraction of sp³-hybridized carbons (Fsp3) is 1.00. The quantitative estimate of drug-likeness (QED) is 0.650. The molecule has 3 atom stereocenters. The Morgan fingerprint density at radius 1 is 1.29 bits per heavy atom. The SMILES string of the molecule is CCC1(C(C)C(F)(F)F)CC1C(C)C. The molecule has 0 aromatic rings. The van der Waals surface area contributed by atoms with Crippen molar-refractivity contribution in [2.24, 2.45) is 23.2 Å². The van der Waals surface area contributed by atoms with Gasteiger partial charge in [-0.05, 0) is 30.1 Å². The molecule has 0 spiro atoms. The van der Waals surface area contributed by atoms with E-state index in [1.807, 2.05) is 20.8 Å². The van der Waals surface area contributed by atoms with Gasteiger partial charge in [0, 0.05) is 0 Å². The van der Waals surface area contributed by atoms with Crippen LogP contribution < -0.4 is 0 Å². The van der Waals surface area contributed by atoms with E-state index < -0.39 is 17.5 Å². The summed E-state index contributed by atoms with van der Waals surface area (Å²) in [7, 11) is 0. The number of hydrogen-bond acceptors (Lipinski definition) is 0. The largest absolute Gasteiger partial charge is 0.392 e. The zero-order chi connectivity index (χ0) is 11.1. The maximum atomic E-state index is 12.6. The third-order valence-corrected chi connectivity index (χ3v) is 3.99. The Labute approximate surface area is 83.9 Å². The summed E-state index contributed by atoms with van der Waals surface area (Å²) in [5, 5.41) is 0. The van der Waals surface area contributed by atoms with Crippen molar-refractivity contribution in [2.75, 3.05) is 0 Å². The Hall–Kier alpha value is -0.210. The van der Waals surface area contributed by atoms with Gasteiger partial charge in [-0.2, -0.15) is 13.2 Å². The van der Waals surface area contributed by atoms with Gasteiger partial charge in [-0.15, -0.1) is 0 Å². The molecule has 0 radical (unpaired) electrons. The lowest BCUT2D eigenvalue weighted by Gasteiger charge is -2.27. The van der Waals surface area contributed by atoms with E-state index in [1.165, 1.54) is 6.92 Å². The van der Waals surface area contributed by atoms with E-state index in [2.05, 4.69) is 0 Å². The molecule has 3 heteroatoms. The Balaban J connectivity index is 2.75. The van der Waals surface area contributed by atoms with Crippen molar-refractivity contribution < 1.29 is 13.2 Å². The van der Waals surface area contributed by atoms with Crippen molar-refractivity contribution in [3.05, 3.63) is 0 Å².